The summed E-state index contributed by atoms with van der Waals surface area (Å²) in [6.07, 6.45) is 2.13. The molecular weight excluding hydrogens is 332 g/mol. The van der Waals surface area contributed by atoms with Crippen molar-refractivity contribution in [3.63, 3.8) is 0 Å². The molecule has 6 heteroatoms. The number of likely N-dealkylation sites (tertiary alicyclic amines) is 1. The number of nitrogens with one attached hydrogen (secondary N) is 1. The molecule has 0 radical (unpaired) electrons. The Morgan fingerprint density at radius 1 is 1.35 bits per heavy atom. The van der Waals surface area contributed by atoms with E-state index in [0.29, 0.717) is 21.5 Å². The molecule has 1 aromatic carbocycles. The zero-order valence-corrected chi connectivity index (χ0v) is 16.4. The number of anilines is 1. The fourth-order valence-electron chi connectivity index (χ4n) is 3.61. The summed E-state index contributed by atoms with van der Waals surface area (Å²) < 4.78 is 11.1. The number of aryl methyl sites for hydroxylation is 1. The number of hydrogen-bond donors (Lipinski definition) is 1. The molecule has 1 saturated heterocycles. The van der Waals surface area contributed by atoms with Crippen LogP contribution in [0.15, 0.2) is 12.1 Å². The molecule has 0 aromatic heterocycles. The van der Waals surface area contributed by atoms with Crippen LogP contribution in [-0.2, 0) is 9.53 Å². The molecule has 0 saturated carbocycles. The van der Waals surface area contributed by atoms with Gasteiger partial charge in [-0.1, -0.05) is 0 Å². The minimum absolute atomic E-state index is 0.0937. The second-order valence-electron chi connectivity index (χ2n) is 6.72. The molecule has 2 atom stereocenters. The van der Waals surface area contributed by atoms with E-state index in [2.05, 4.69) is 18.8 Å². The van der Waals surface area contributed by atoms with Crippen LogP contribution in [0.2, 0.25) is 0 Å². The molecule has 6 nitrogen and oxygen atoms in total. The van der Waals surface area contributed by atoms with E-state index in [9.17, 15) is 9.59 Å². The number of quaternary nitrogens is 1. The summed E-state index contributed by atoms with van der Waals surface area (Å²) in [4.78, 5) is 25.3. The van der Waals surface area contributed by atoms with Gasteiger partial charge in [-0.25, -0.2) is 4.79 Å². The molecule has 0 aliphatic carbocycles. The van der Waals surface area contributed by atoms with Gasteiger partial charge in [-0.2, -0.15) is 0 Å². The quantitative estimate of drug-likeness (QED) is 0.459. The van der Waals surface area contributed by atoms with Gasteiger partial charge >= 0.3 is 5.97 Å². The second-order valence-corrected chi connectivity index (χ2v) is 6.72. The zero-order chi connectivity index (χ0) is 19.3. The summed E-state index contributed by atoms with van der Waals surface area (Å²) in [6.45, 7) is 12.0. The number of benzene rings is 1. The van der Waals surface area contributed by atoms with Crippen LogP contribution in [0.25, 0.3) is 0 Å². The number of methoxy groups -OCH3 is 1. The average molecular weight is 362 g/mol. The summed E-state index contributed by atoms with van der Waals surface area (Å²) in [5.41, 5.74) is 1.58. The van der Waals surface area contributed by atoms with Crippen LogP contribution in [0.1, 0.15) is 49.5 Å². The summed E-state index contributed by atoms with van der Waals surface area (Å²) in [5, 5.41) is 2.97. The van der Waals surface area contributed by atoms with Crippen molar-refractivity contribution in [1.29, 1.82) is 0 Å². The van der Waals surface area contributed by atoms with Gasteiger partial charge < -0.3 is 19.3 Å². The van der Waals surface area contributed by atoms with Crippen molar-refractivity contribution in [2.45, 2.75) is 46.6 Å². The fraction of sp³-hybridized carbons (Fsp3) is 0.550. The van der Waals surface area contributed by atoms with Gasteiger partial charge in [0.25, 0.3) is 5.91 Å². The third-order valence-corrected chi connectivity index (χ3v) is 5.30. The molecule has 1 aliphatic heterocycles. The Morgan fingerprint density at radius 3 is 2.62 bits per heavy atom. The topological polar surface area (TPSA) is 64.6 Å². The van der Waals surface area contributed by atoms with Crippen LogP contribution >= 0.6 is 0 Å². The predicted molar refractivity (Wildman–Crippen MR) is 101 cm³/mol. The number of nitrogens with zero attached hydrogens (tertiary/aromatic N) is 1. The van der Waals surface area contributed by atoms with Gasteiger partial charge in [-0.05, 0) is 51.8 Å². The monoisotopic (exact) mass is 362 g/mol. The first kappa shape index (κ1) is 20.2. The minimum atomic E-state index is -0.468. The molecule has 1 N–H and O–H groups in total. The van der Waals surface area contributed by atoms with E-state index in [1.165, 1.54) is 0 Å². The first-order valence-corrected chi connectivity index (χ1v) is 9.26. The van der Waals surface area contributed by atoms with Crippen LogP contribution in [0.3, 0.4) is 0 Å². The first-order chi connectivity index (χ1) is 12.4. The maximum Gasteiger partial charge on any atom is 0.340 e. The molecule has 1 heterocycles. The van der Waals surface area contributed by atoms with E-state index >= 15 is 0 Å². The SMILES string of the molecule is CCOC(=O)c1cc(OC)cc(C)c1NC(=O)C(C)[N+]1(CC)[CH-]CCC1. The Morgan fingerprint density at radius 2 is 2.08 bits per heavy atom. The molecule has 144 valence electrons. The predicted octanol–water partition coefficient (Wildman–Crippen LogP) is 3.30. The first-order valence-electron chi connectivity index (χ1n) is 9.26. The third-order valence-electron chi connectivity index (χ3n) is 5.30. The van der Waals surface area contributed by atoms with Crippen LogP contribution in [0.5, 0.6) is 5.75 Å². The standard InChI is InChI=1S/C20H30N2O4/c1-6-22(10-8-9-11-22)15(4)19(23)21-18-14(3)12-16(25-5)13-17(18)20(24)26-7-2/h10,12-13,15H,6-9,11H2,1-5H3,(H,21,23). The number of carbonyl (C=O) groups excluding carboxylic acids is 2. The summed E-state index contributed by atoms with van der Waals surface area (Å²) in [5.74, 6) is -0.00470. The van der Waals surface area contributed by atoms with E-state index in [1.807, 2.05) is 13.8 Å². The summed E-state index contributed by atoms with van der Waals surface area (Å²) in [6, 6.07) is 3.19. The van der Waals surface area contributed by atoms with Crippen molar-refractivity contribution in [2.24, 2.45) is 0 Å². The normalized spacial score (nSPS) is 20.5. The van der Waals surface area contributed by atoms with Crippen molar-refractivity contribution < 1.29 is 23.5 Å². The van der Waals surface area contributed by atoms with Gasteiger partial charge in [-0.15, -0.1) is 13.0 Å². The van der Waals surface area contributed by atoms with Crippen LogP contribution in [-0.4, -0.2) is 49.2 Å². The van der Waals surface area contributed by atoms with E-state index in [4.69, 9.17) is 9.47 Å². The molecule has 2 unspecified atom stereocenters. The fourth-order valence-corrected chi connectivity index (χ4v) is 3.61. The largest absolute Gasteiger partial charge is 0.497 e. The number of likely N-dealkylation sites (N-methyl/N-ethyl adjacent to an activating group) is 1. The van der Waals surface area contributed by atoms with Gasteiger partial charge in [0.2, 0.25) is 0 Å². The lowest BCUT2D eigenvalue weighted by atomic mass is 10.1. The van der Waals surface area contributed by atoms with E-state index in [0.717, 1.165) is 31.5 Å². The molecule has 26 heavy (non-hydrogen) atoms. The lowest BCUT2D eigenvalue weighted by Crippen LogP contribution is -2.54. The van der Waals surface area contributed by atoms with Gasteiger partial charge in [-0.3, -0.25) is 4.79 Å². The molecule has 1 aromatic rings. The van der Waals surface area contributed by atoms with Crippen LogP contribution < -0.4 is 10.1 Å². The van der Waals surface area contributed by atoms with E-state index in [-0.39, 0.29) is 18.6 Å². The lowest BCUT2D eigenvalue weighted by molar-refractivity contribution is -0.901. The average Bonchev–Trinajstić information content (AvgIpc) is 3.12. The maximum atomic E-state index is 13.0. The Balaban J connectivity index is 2.32. The van der Waals surface area contributed by atoms with Gasteiger partial charge in [0.15, 0.2) is 0 Å². The van der Waals surface area contributed by atoms with Crippen molar-refractivity contribution >= 4 is 17.6 Å². The van der Waals surface area contributed by atoms with Crippen molar-refractivity contribution in [2.75, 3.05) is 32.1 Å². The maximum absolute atomic E-state index is 13.0. The number of carbonyl (C=O) groups is 2. The van der Waals surface area contributed by atoms with Gasteiger partial charge in [0.05, 0.1) is 38.1 Å². The molecule has 1 amide bonds. The highest BCUT2D eigenvalue weighted by atomic mass is 16.5. The number of rotatable bonds is 7. The van der Waals surface area contributed by atoms with E-state index < -0.39 is 5.97 Å². The van der Waals surface area contributed by atoms with Crippen LogP contribution in [0, 0.1) is 13.5 Å². The minimum Gasteiger partial charge on any atom is -0.497 e. The van der Waals surface area contributed by atoms with E-state index in [1.54, 1.807) is 26.2 Å². The highest BCUT2D eigenvalue weighted by Gasteiger charge is 2.34. The number of esters is 1. The number of hydrogen-bond acceptors (Lipinski definition) is 4. The molecule has 2 rings (SSSR count). The van der Waals surface area contributed by atoms with Crippen molar-refractivity contribution in [3.05, 3.63) is 29.8 Å². The zero-order valence-electron chi connectivity index (χ0n) is 16.4. The molecule has 1 fully saturated rings. The highest BCUT2D eigenvalue weighted by molar-refractivity contribution is 6.03. The Hall–Kier alpha value is -2.08. The molecule has 0 bridgehead atoms. The third kappa shape index (κ3) is 4.01. The molecular formula is C20H30N2O4. The highest BCUT2D eigenvalue weighted by Crippen LogP contribution is 2.31. The summed E-state index contributed by atoms with van der Waals surface area (Å²) >= 11 is 0. The molecule has 0 spiro atoms. The number of amides is 1. The smallest absolute Gasteiger partial charge is 0.340 e. The van der Waals surface area contributed by atoms with Crippen molar-refractivity contribution in [1.82, 2.24) is 0 Å². The van der Waals surface area contributed by atoms with Crippen LogP contribution in [0.4, 0.5) is 5.69 Å². The van der Waals surface area contributed by atoms with Gasteiger partial charge in [0, 0.05) is 0 Å². The Kier molecular flexibility index (Phi) is 6.64. The van der Waals surface area contributed by atoms with Crippen molar-refractivity contribution in [3.8, 4) is 5.75 Å². The lowest BCUT2D eigenvalue weighted by Gasteiger charge is -2.46. The second kappa shape index (κ2) is 8.54. The summed E-state index contributed by atoms with van der Waals surface area (Å²) in [7, 11) is 1.54. The Bertz CT molecular complexity index is 666. The molecule has 1 aliphatic rings. The van der Waals surface area contributed by atoms with Gasteiger partial charge in [0.1, 0.15) is 11.8 Å². The Labute approximate surface area is 156 Å². The number of ether oxygens (including phenoxy) is 2.